The number of amides is 1. The summed E-state index contributed by atoms with van der Waals surface area (Å²) in [4.78, 5) is 22.6. The lowest BCUT2D eigenvalue weighted by Gasteiger charge is -2.21. The number of nitrogens with one attached hydrogen (secondary N) is 2. The first-order valence-corrected chi connectivity index (χ1v) is 16.1. The number of hydrogen-bond acceptors (Lipinski definition) is 12. The van der Waals surface area contributed by atoms with E-state index < -0.39 is 37.0 Å². The minimum absolute atomic E-state index is 0.0162. The van der Waals surface area contributed by atoms with Gasteiger partial charge >= 0.3 is 5.97 Å². The van der Waals surface area contributed by atoms with Gasteiger partial charge in [-0.25, -0.2) is 16.8 Å². The molecule has 4 aromatic carbocycles. The van der Waals surface area contributed by atoms with Crippen LogP contribution in [0.15, 0.2) is 63.2 Å². The highest BCUT2D eigenvalue weighted by atomic mass is 32.2. The van der Waals surface area contributed by atoms with Crippen molar-refractivity contribution < 1.29 is 50.7 Å². The second-order valence-electron chi connectivity index (χ2n) is 9.63. The van der Waals surface area contributed by atoms with Crippen LogP contribution in [0.25, 0.3) is 32.3 Å². The Morgan fingerprint density at radius 1 is 1.02 bits per heavy atom. The van der Waals surface area contributed by atoms with E-state index in [1.165, 1.54) is 31.2 Å². The highest BCUT2D eigenvalue weighted by molar-refractivity contribution is 7.94. The van der Waals surface area contributed by atoms with E-state index >= 15 is 0 Å². The summed E-state index contributed by atoms with van der Waals surface area (Å²) >= 11 is 0.350. The largest absolute Gasteiger partial charge is 0.744 e. The molecule has 0 aliphatic rings. The summed E-state index contributed by atoms with van der Waals surface area (Å²) in [6.45, 7) is 5.30. The van der Waals surface area contributed by atoms with Gasteiger partial charge in [-0.05, 0) is 49.1 Å². The molecule has 0 aromatic heterocycles. The van der Waals surface area contributed by atoms with Crippen LogP contribution in [0.2, 0.25) is 0 Å². The molecule has 0 bridgehead atoms. The number of nitrogens with two attached hydrogens (primary N) is 1. The molecule has 14 nitrogen and oxygen atoms in total. The van der Waals surface area contributed by atoms with Crippen molar-refractivity contribution in [1.29, 1.82) is 0 Å². The quantitative estimate of drug-likeness (QED) is 0.0223. The number of nitrogen functional groups attached to an aromatic ring is 1. The van der Waals surface area contributed by atoms with Gasteiger partial charge in [0.25, 0.3) is 0 Å². The summed E-state index contributed by atoms with van der Waals surface area (Å²) in [5, 5.41) is 27.2. The Balaban J connectivity index is 1.79. The summed E-state index contributed by atoms with van der Waals surface area (Å²) in [5.74, 6) is -1.77. The maximum Gasteiger partial charge on any atom is 0.321 e. The fourth-order valence-electron chi connectivity index (χ4n) is 4.78. The van der Waals surface area contributed by atoms with Crippen LogP contribution in [-0.4, -0.2) is 51.0 Å². The zero-order valence-corrected chi connectivity index (χ0v) is 24.9. The standard InChI is InChI=1S/C26H27N3O11S3/c1-13(2)25(30)28-10-4-3-5-19(26(31)32)29-42(34,35)21-11-18(27)14-6-8-17-22(43(36,37)38)12-20(41-40-39-33)15-7-9-16(21)23(14)24(15)17/h6-9,11-12,19,29,33H,1,3-5,10,27H2,2H3,(H,28,30)(H,31,32)(H,36,37,38)/p-2. The molecule has 4 rings (SSSR count). The third-order valence-electron chi connectivity index (χ3n) is 6.72. The van der Waals surface area contributed by atoms with E-state index in [1.807, 2.05) is 0 Å². The molecule has 0 saturated carbocycles. The first kappa shape index (κ1) is 32.4. The van der Waals surface area contributed by atoms with Gasteiger partial charge in [-0.2, -0.15) is 9.06 Å². The van der Waals surface area contributed by atoms with Crippen molar-refractivity contribution in [3.63, 3.8) is 0 Å². The van der Waals surface area contributed by atoms with Crippen molar-refractivity contribution >= 4 is 82.1 Å². The Kier molecular flexibility index (Phi) is 9.48. The number of rotatable bonds is 14. The van der Waals surface area contributed by atoms with E-state index in [9.17, 15) is 41.3 Å². The van der Waals surface area contributed by atoms with Crippen molar-refractivity contribution in [3.05, 3.63) is 48.6 Å². The SMILES string of the molecule is C=C(C)C(=O)NCCCCC(NS(=O)(=O)c1cc(N)c2ccc3c(S(=O)(=O)[O-])cc(SOO[O-])c4ccc1c2c43)C(=O)O. The van der Waals surface area contributed by atoms with E-state index in [0.29, 0.717) is 34.8 Å². The highest BCUT2D eigenvalue weighted by Crippen LogP contribution is 2.45. The first-order valence-electron chi connectivity index (χ1n) is 12.5. The van der Waals surface area contributed by atoms with Gasteiger partial charge in [0.1, 0.15) is 16.2 Å². The normalized spacial score (nSPS) is 13.1. The van der Waals surface area contributed by atoms with Gasteiger partial charge in [0, 0.05) is 44.2 Å². The molecule has 1 atom stereocenters. The number of unbranched alkanes of at least 4 members (excludes halogenated alkanes) is 1. The van der Waals surface area contributed by atoms with Gasteiger partial charge in [-0.3, -0.25) is 14.6 Å². The number of aliphatic carboxylic acids is 1. The number of carbonyl (C=O) groups is 2. The second-order valence-corrected chi connectivity index (χ2v) is 13.4. The predicted molar refractivity (Wildman–Crippen MR) is 154 cm³/mol. The predicted octanol–water partition coefficient (Wildman–Crippen LogP) is 1.90. The van der Waals surface area contributed by atoms with E-state index in [4.69, 9.17) is 5.73 Å². The van der Waals surface area contributed by atoms with Gasteiger partial charge in [0.15, 0.2) is 0 Å². The van der Waals surface area contributed by atoms with Crippen LogP contribution in [0, 0.1) is 0 Å². The average Bonchev–Trinajstić information content (AvgIpc) is 2.93. The van der Waals surface area contributed by atoms with Crippen LogP contribution in [0.1, 0.15) is 26.2 Å². The smallest absolute Gasteiger partial charge is 0.321 e. The Hall–Kier alpha value is -3.55. The van der Waals surface area contributed by atoms with Crippen molar-refractivity contribution in [2.24, 2.45) is 0 Å². The average molecular weight is 652 g/mol. The highest BCUT2D eigenvalue weighted by Gasteiger charge is 2.29. The minimum Gasteiger partial charge on any atom is -0.744 e. The molecule has 0 fully saturated rings. The lowest BCUT2D eigenvalue weighted by atomic mass is 9.93. The van der Waals surface area contributed by atoms with Crippen LogP contribution >= 0.6 is 12.0 Å². The zero-order valence-electron chi connectivity index (χ0n) is 22.4. The molecule has 0 radical (unpaired) electrons. The van der Waals surface area contributed by atoms with Crippen LogP contribution in [-0.2, 0) is 39.1 Å². The van der Waals surface area contributed by atoms with Crippen LogP contribution in [0.5, 0.6) is 0 Å². The lowest BCUT2D eigenvalue weighted by Crippen LogP contribution is -2.40. The van der Waals surface area contributed by atoms with E-state index in [0.717, 1.165) is 12.1 Å². The first-order chi connectivity index (χ1) is 20.2. The lowest BCUT2D eigenvalue weighted by molar-refractivity contribution is -0.777. The molecule has 5 N–H and O–H groups in total. The molecule has 0 aliphatic heterocycles. The van der Waals surface area contributed by atoms with Gasteiger partial charge < -0.3 is 26.0 Å². The van der Waals surface area contributed by atoms with E-state index in [1.54, 1.807) is 0 Å². The Morgan fingerprint density at radius 3 is 2.23 bits per heavy atom. The van der Waals surface area contributed by atoms with Gasteiger partial charge in [-0.15, -0.1) is 0 Å². The molecule has 17 heteroatoms. The van der Waals surface area contributed by atoms with Gasteiger partial charge in [0.2, 0.25) is 15.9 Å². The number of hydrogen-bond donors (Lipinski definition) is 4. The third-order valence-corrected chi connectivity index (χ3v) is 9.74. The molecule has 0 heterocycles. The number of carboxylic acids is 1. The zero-order chi connectivity index (χ0) is 31.7. The molecule has 0 aliphatic carbocycles. The Labute approximate surface area is 250 Å². The van der Waals surface area contributed by atoms with Crippen molar-refractivity contribution in [2.45, 2.75) is 46.9 Å². The van der Waals surface area contributed by atoms with Crippen LogP contribution in [0.3, 0.4) is 0 Å². The van der Waals surface area contributed by atoms with Gasteiger partial charge in [0.05, 0.1) is 21.8 Å². The molecule has 1 amide bonds. The molecule has 230 valence electrons. The Morgan fingerprint density at radius 2 is 1.63 bits per heavy atom. The van der Waals surface area contributed by atoms with Gasteiger partial charge in [-0.1, -0.05) is 30.8 Å². The number of carbonyl (C=O) groups excluding carboxylic acids is 1. The van der Waals surface area contributed by atoms with Crippen LogP contribution < -0.4 is 21.0 Å². The third kappa shape index (κ3) is 6.68. The minimum atomic E-state index is -5.06. The molecule has 4 aromatic rings. The molecular weight excluding hydrogens is 626 g/mol. The van der Waals surface area contributed by atoms with E-state index in [2.05, 4.69) is 26.0 Å². The number of sulfonamides is 1. The molecule has 0 saturated heterocycles. The maximum atomic E-state index is 13.6. The van der Waals surface area contributed by atoms with Crippen molar-refractivity contribution in [1.82, 2.24) is 10.0 Å². The summed E-state index contributed by atoms with van der Waals surface area (Å²) in [5.41, 5.74) is 6.53. The second kappa shape index (κ2) is 12.6. The number of anilines is 1. The number of benzene rings is 4. The van der Waals surface area contributed by atoms with Crippen molar-refractivity contribution in [2.75, 3.05) is 12.3 Å². The molecule has 1 unspecified atom stereocenters. The molecule has 43 heavy (non-hydrogen) atoms. The summed E-state index contributed by atoms with van der Waals surface area (Å²) < 4.78 is 70.3. The van der Waals surface area contributed by atoms with Crippen LogP contribution in [0.4, 0.5) is 5.69 Å². The maximum absolute atomic E-state index is 13.6. The molecule has 0 spiro atoms. The van der Waals surface area contributed by atoms with Crippen molar-refractivity contribution in [3.8, 4) is 0 Å². The van der Waals surface area contributed by atoms with E-state index in [-0.39, 0.29) is 62.3 Å². The Bertz CT molecular complexity index is 1960. The summed E-state index contributed by atoms with van der Waals surface area (Å²) in [7, 11) is -9.61. The molecular formula is C26H25N3O11S3-2. The fourth-order valence-corrected chi connectivity index (χ4v) is 7.55. The fraction of sp³-hybridized carbons (Fsp3) is 0.231. The number of carboxylic acid groups (broad SMARTS) is 1. The summed E-state index contributed by atoms with van der Waals surface area (Å²) in [6.07, 6.45) is 0.549. The topological polar surface area (TPSA) is 237 Å². The summed E-state index contributed by atoms with van der Waals surface area (Å²) in [6, 6.07) is 6.29. The monoisotopic (exact) mass is 651 g/mol.